The van der Waals surface area contributed by atoms with Gasteiger partial charge < -0.3 is 4.57 Å². The van der Waals surface area contributed by atoms with Crippen molar-refractivity contribution < 1.29 is 0 Å². The first kappa shape index (κ1) is 18.3. The molecule has 0 amide bonds. The molecule has 2 aromatic heterocycles. The van der Waals surface area contributed by atoms with Crippen molar-refractivity contribution in [1.29, 1.82) is 0 Å². The molecule has 0 spiro atoms. The van der Waals surface area contributed by atoms with Crippen molar-refractivity contribution in [2.75, 3.05) is 0 Å². The number of aromatic nitrogens is 3. The molecule has 0 fully saturated rings. The van der Waals surface area contributed by atoms with Crippen LogP contribution in [-0.4, -0.2) is 13.7 Å². The van der Waals surface area contributed by atoms with E-state index in [1.54, 1.807) is 7.05 Å². The molecule has 2 heterocycles. The summed E-state index contributed by atoms with van der Waals surface area (Å²) in [5.74, 6) is 0. The van der Waals surface area contributed by atoms with Crippen molar-refractivity contribution >= 4 is 22.5 Å². The summed E-state index contributed by atoms with van der Waals surface area (Å²) in [6, 6.07) is 15.6. The molecule has 0 bridgehead atoms. The van der Waals surface area contributed by atoms with Crippen molar-refractivity contribution in [1.82, 2.24) is 13.7 Å². The molecule has 28 heavy (non-hydrogen) atoms. The number of rotatable bonds is 3. The lowest BCUT2D eigenvalue weighted by molar-refractivity contribution is 0.714. The zero-order chi connectivity index (χ0) is 20.0. The fraction of sp³-hybridized carbons (Fsp3) is 0.182. The van der Waals surface area contributed by atoms with Crippen LogP contribution in [0.1, 0.15) is 11.1 Å². The van der Waals surface area contributed by atoms with Gasteiger partial charge in [0, 0.05) is 37.4 Å². The van der Waals surface area contributed by atoms with Crippen LogP contribution in [0.25, 0.3) is 22.2 Å². The van der Waals surface area contributed by atoms with E-state index in [1.807, 2.05) is 66.2 Å². The van der Waals surface area contributed by atoms with Gasteiger partial charge in [0.15, 0.2) is 0 Å². The minimum Gasteiger partial charge on any atom is -0.340 e. The number of aryl methyl sites for hydroxylation is 2. The topological polar surface area (TPSA) is 48.9 Å². The highest BCUT2D eigenvalue weighted by atomic mass is 35.5. The molecule has 4 rings (SSSR count). The van der Waals surface area contributed by atoms with Crippen LogP contribution in [0.2, 0.25) is 5.02 Å². The molecule has 5 nitrogen and oxygen atoms in total. The fourth-order valence-electron chi connectivity index (χ4n) is 3.63. The smallest absolute Gasteiger partial charge is 0.330 e. The van der Waals surface area contributed by atoms with E-state index in [2.05, 4.69) is 0 Å². The SMILES string of the molecule is Cc1ccccc1-c1c2c(=O)n(C)c(=O)n(C)c2cn1Cc1ccc(Cl)cc1. The van der Waals surface area contributed by atoms with E-state index < -0.39 is 0 Å². The molecule has 2 aromatic carbocycles. The van der Waals surface area contributed by atoms with E-state index in [1.165, 1.54) is 11.6 Å². The predicted molar refractivity (Wildman–Crippen MR) is 113 cm³/mol. The average molecular weight is 394 g/mol. The Kier molecular flexibility index (Phi) is 4.47. The van der Waals surface area contributed by atoms with Gasteiger partial charge in [0.2, 0.25) is 0 Å². The molecule has 0 aliphatic heterocycles. The van der Waals surface area contributed by atoms with Crippen LogP contribution in [0.15, 0.2) is 64.3 Å². The summed E-state index contributed by atoms with van der Waals surface area (Å²) in [7, 11) is 3.21. The first-order chi connectivity index (χ1) is 13.4. The van der Waals surface area contributed by atoms with Gasteiger partial charge in [0.25, 0.3) is 5.56 Å². The minimum atomic E-state index is -0.336. The summed E-state index contributed by atoms with van der Waals surface area (Å²) in [6.07, 6.45) is 1.88. The Morgan fingerprint density at radius 1 is 0.929 bits per heavy atom. The molecule has 6 heteroatoms. The van der Waals surface area contributed by atoms with E-state index in [9.17, 15) is 9.59 Å². The number of hydrogen-bond acceptors (Lipinski definition) is 2. The zero-order valence-corrected chi connectivity index (χ0v) is 16.7. The number of fused-ring (bicyclic) bond motifs is 1. The van der Waals surface area contributed by atoms with Crippen LogP contribution in [0.5, 0.6) is 0 Å². The van der Waals surface area contributed by atoms with Crippen LogP contribution in [0.4, 0.5) is 0 Å². The van der Waals surface area contributed by atoms with Crippen molar-refractivity contribution in [3.8, 4) is 11.3 Å². The minimum absolute atomic E-state index is 0.286. The lowest BCUT2D eigenvalue weighted by atomic mass is 10.0. The Hall–Kier alpha value is -3.05. The zero-order valence-electron chi connectivity index (χ0n) is 15.9. The second-order valence-electron chi connectivity index (χ2n) is 7.01. The van der Waals surface area contributed by atoms with E-state index in [0.29, 0.717) is 22.5 Å². The highest BCUT2D eigenvalue weighted by molar-refractivity contribution is 6.30. The van der Waals surface area contributed by atoms with Crippen LogP contribution >= 0.6 is 11.6 Å². The summed E-state index contributed by atoms with van der Waals surface area (Å²) < 4.78 is 4.73. The Morgan fingerprint density at radius 3 is 2.29 bits per heavy atom. The normalized spacial score (nSPS) is 11.3. The van der Waals surface area contributed by atoms with Gasteiger partial charge in [-0.25, -0.2) is 4.79 Å². The number of hydrogen-bond donors (Lipinski definition) is 0. The summed E-state index contributed by atoms with van der Waals surface area (Å²) in [6.45, 7) is 2.58. The molecule has 0 saturated carbocycles. The molecule has 0 radical (unpaired) electrons. The third-order valence-corrected chi connectivity index (χ3v) is 5.43. The van der Waals surface area contributed by atoms with Crippen LogP contribution in [0.3, 0.4) is 0 Å². The molecule has 0 N–H and O–H groups in total. The molecule has 0 aliphatic carbocycles. The standard InChI is InChI=1S/C22H20ClN3O2/c1-14-6-4-5-7-17(14)20-19-18(24(2)22(28)25(3)21(19)27)13-26(20)12-15-8-10-16(23)11-9-15/h4-11,13H,12H2,1-3H3. The molecule has 0 saturated heterocycles. The number of nitrogens with zero attached hydrogens (tertiary/aromatic N) is 3. The van der Waals surface area contributed by atoms with Gasteiger partial charge in [0.05, 0.1) is 16.6 Å². The molecular weight excluding hydrogens is 374 g/mol. The average Bonchev–Trinajstić information content (AvgIpc) is 3.06. The molecule has 0 unspecified atom stereocenters. The highest BCUT2D eigenvalue weighted by Gasteiger charge is 2.20. The van der Waals surface area contributed by atoms with Gasteiger partial charge in [0.1, 0.15) is 0 Å². The molecule has 142 valence electrons. The molecule has 4 aromatic rings. The monoisotopic (exact) mass is 393 g/mol. The third kappa shape index (κ3) is 2.88. The van der Waals surface area contributed by atoms with Gasteiger partial charge in [-0.15, -0.1) is 0 Å². The van der Waals surface area contributed by atoms with Gasteiger partial charge in [-0.2, -0.15) is 0 Å². The van der Waals surface area contributed by atoms with Crippen molar-refractivity contribution in [3.63, 3.8) is 0 Å². The van der Waals surface area contributed by atoms with E-state index in [4.69, 9.17) is 11.6 Å². The lowest BCUT2D eigenvalue weighted by Crippen LogP contribution is -2.36. The van der Waals surface area contributed by atoms with Gasteiger partial charge >= 0.3 is 5.69 Å². The Labute approximate surface area is 167 Å². The largest absolute Gasteiger partial charge is 0.340 e. The Bertz CT molecular complexity index is 1310. The van der Waals surface area contributed by atoms with Gasteiger partial charge in [-0.3, -0.25) is 13.9 Å². The highest BCUT2D eigenvalue weighted by Crippen LogP contribution is 2.31. The van der Waals surface area contributed by atoms with Crippen molar-refractivity contribution in [2.24, 2.45) is 14.1 Å². The Balaban J connectivity index is 2.08. The molecular formula is C22H20ClN3O2. The number of benzene rings is 2. The maximum absolute atomic E-state index is 13.0. The van der Waals surface area contributed by atoms with Crippen LogP contribution in [0, 0.1) is 6.92 Å². The predicted octanol–water partition coefficient (Wildman–Crippen LogP) is 3.72. The van der Waals surface area contributed by atoms with Crippen LogP contribution < -0.4 is 11.2 Å². The second kappa shape index (κ2) is 6.84. The molecule has 0 aliphatic rings. The molecule has 0 atom stereocenters. The maximum atomic E-state index is 13.0. The first-order valence-corrected chi connectivity index (χ1v) is 9.35. The van der Waals surface area contributed by atoms with Gasteiger partial charge in [-0.1, -0.05) is 48.0 Å². The van der Waals surface area contributed by atoms with E-state index in [-0.39, 0.29) is 11.2 Å². The van der Waals surface area contributed by atoms with Gasteiger partial charge in [-0.05, 0) is 30.2 Å². The maximum Gasteiger partial charge on any atom is 0.330 e. The lowest BCUT2D eigenvalue weighted by Gasteiger charge is -2.12. The summed E-state index contributed by atoms with van der Waals surface area (Å²) in [5, 5.41) is 1.23. The number of halogens is 1. The summed E-state index contributed by atoms with van der Waals surface area (Å²) >= 11 is 6.01. The van der Waals surface area contributed by atoms with E-state index in [0.717, 1.165) is 27.0 Å². The van der Waals surface area contributed by atoms with Crippen molar-refractivity contribution in [2.45, 2.75) is 13.5 Å². The van der Waals surface area contributed by atoms with Crippen molar-refractivity contribution in [3.05, 3.63) is 91.7 Å². The second-order valence-corrected chi connectivity index (χ2v) is 7.45. The summed E-state index contributed by atoms with van der Waals surface area (Å²) in [4.78, 5) is 25.5. The fourth-order valence-corrected chi connectivity index (χ4v) is 3.75. The van der Waals surface area contributed by atoms with Crippen LogP contribution in [-0.2, 0) is 20.6 Å². The quantitative estimate of drug-likeness (QED) is 0.532. The Morgan fingerprint density at radius 2 is 1.61 bits per heavy atom. The third-order valence-electron chi connectivity index (χ3n) is 5.18. The first-order valence-electron chi connectivity index (χ1n) is 8.98. The summed E-state index contributed by atoms with van der Waals surface area (Å²) in [5.41, 5.74) is 3.92. The van der Waals surface area contributed by atoms with E-state index >= 15 is 0 Å².